The second-order valence-electron chi connectivity index (χ2n) is 6.68. The topological polar surface area (TPSA) is 82.4 Å². The number of rotatable bonds is 7. The first-order valence-corrected chi connectivity index (χ1v) is 9.12. The molecule has 0 fully saturated rings. The van der Waals surface area contributed by atoms with E-state index in [4.69, 9.17) is 9.47 Å². The van der Waals surface area contributed by atoms with Crippen LogP contribution in [0.4, 0.5) is 5.82 Å². The lowest BCUT2D eigenvalue weighted by atomic mass is 10.1. The second-order valence-corrected chi connectivity index (χ2v) is 6.68. The van der Waals surface area contributed by atoms with Crippen LogP contribution in [0.3, 0.4) is 0 Å². The van der Waals surface area contributed by atoms with E-state index in [9.17, 15) is 9.59 Å². The average molecular weight is 393 g/mol. The van der Waals surface area contributed by atoms with Crippen molar-refractivity contribution >= 4 is 17.5 Å². The summed E-state index contributed by atoms with van der Waals surface area (Å²) in [5.41, 5.74) is 3.28. The van der Waals surface area contributed by atoms with Crippen LogP contribution in [-0.4, -0.2) is 35.2 Å². The fraction of sp³-hybridized carbons (Fsp3) is 0.227. The van der Waals surface area contributed by atoms with E-state index in [1.165, 1.54) is 14.0 Å². The zero-order valence-electron chi connectivity index (χ0n) is 16.9. The number of Topliss-reactive ketones (excluding diaryl/α,β-unsaturated/α-hetero) is 1. The lowest BCUT2D eigenvalue weighted by Crippen LogP contribution is -2.22. The van der Waals surface area contributed by atoms with Crippen LogP contribution in [-0.2, 0) is 4.79 Å². The Bertz CT molecular complexity index is 1040. The van der Waals surface area contributed by atoms with Gasteiger partial charge in [0.1, 0.15) is 5.82 Å². The summed E-state index contributed by atoms with van der Waals surface area (Å²) in [4.78, 5) is 23.9. The van der Waals surface area contributed by atoms with Crippen LogP contribution in [0.15, 0.2) is 48.5 Å². The van der Waals surface area contributed by atoms with Gasteiger partial charge in [-0.1, -0.05) is 17.7 Å². The molecule has 0 saturated heterocycles. The molecule has 3 rings (SSSR count). The summed E-state index contributed by atoms with van der Waals surface area (Å²) < 4.78 is 12.5. The molecule has 150 valence electrons. The molecule has 7 nitrogen and oxygen atoms in total. The molecule has 7 heteroatoms. The number of hydrogen-bond donors (Lipinski definition) is 1. The molecular formula is C22H23N3O4. The van der Waals surface area contributed by atoms with Crippen LogP contribution in [0.1, 0.15) is 28.5 Å². The Hall–Kier alpha value is -3.61. The second kappa shape index (κ2) is 8.60. The van der Waals surface area contributed by atoms with E-state index in [2.05, 4.69) is 10.4 Å². The molecule has 0 saturated carbocycles. The third-order valence-corrected chi connectivity index (χ3v) is 4.31. The monoisotopic (exact) mass is 393 g/mol. The maximum atomic E-state index is 12.4. The van der Waals surface area contributed by atoms with Gasteiger partial charge in [0.05, 0.1) is 18.5 Å². The quantitative estimate of drug-likeness (QED) is 0.619. The summed E-state index contributed by atoms with van der Waals surface area (Å²) in [5.74, 6) is 0.920. The number of nitrogens with zero attached hydrogens (tertiary/aromatic N) is 2. The van der Waals surface area contributed by atoms with Crippen molar-refractivity contribution in [3.8, 4) is 17.2 Å². The number of aryl methyl sites for hydroxylation is 2. The molecule has 3 aromatic rings. The van der Waals surface area contributed by atoms with Gasteiger partial charge in [0.25, 0.3) is 5.91 Å². The fourth-order valence-electron chi connectivity index (χ4n) is 2.80. The molecule has 2 aromatic carbocycles. The largest absolute Gasteiger partial charge is 0.493 e. The Morgan fingerprint density at radius 1 is 1.03 bits per heavy atom. The maximum Gasteiger partial charge on any atom is 0.263 e. The highest BCUT2D eigenvalue weighted by Crippen LogP contribution is 2.28. The number of ketones is 1. The van der Waals surface area contributed by atoms with Gasteiger partial charge >= 0.3 is 0 Å². The molecule has 1 N–H and O–H groups in total. The highest BCUT2D eigenvalue weighted by Gasteiger charge is 2.13. The number of ether oxygens (including phenoxy) is 2. The molecule has 0 atom stereocenters. The number of nitrogens with one attached hydrogen (secondary N) is 1. The number of aromatic nitrogens is 2. The van der Waals surface area contributed by atoms with Gasteiger partial charge in [0.15, 0.2) is 23.9 Å². The molecule has 1 heterocycles. The average Bonchev–Trinajstić information content (AvgIpc) is 3.06. The van der Waals surface area contributed by atoms with Crippen molar-refractivity contribution < 1.29 is 19.1 Å². The molecule has 0 bridgehead atoms. The SMILES string of the molecule is COc1cc(C(C)=O)ccc1OCC(=O)Nc1cc(C)nn1-c1ccc(C)cc1. The minimum Gasteiger partial charge on any atom is -0.493 e. The van der Waals surface area contributed by atoms with Crippen molar-refractivity contribution in [1.29, 1.82) is 0 Å². The van der Waals surface area contributed by atoms with Crippen LogP contribution in [0.25, 0.3) is 5.69 Å². The van der Waals surface area contributed by atoms with Gasteiger partial charge in [-0.2, -0.15) is 5.10 Å². The van der Waals surface area contributed by atoms with Gasteiger partial charge in [0.2, 0.25) is 0 Å². The molecule has 0 radical (unpaired) electrons. The molecule has 0 aliphatic heterocycles. The minimum absolute atomic E-state index is 0.0765. The van der Waals surface area contributed by atoms with E-state index in [1.54, 1.807) is 28.9 Å². The van der Waals surface area contributed by atoms with Gasteiger partial charge in [0, 0.05) is 11.6 Å². The summed E-state index contributed by atoms with van der Waals surface area (Å²) >= 11 is 0. The molecule has 0 unspecified atom stereocenters. The molecule has 1 amide bonds. The van der Waals surface area contributed by atoms with E-state index in [0.717, 1.165) is 16.9 Å². The van der Waals surface area contributed by atoms with Crippen molar-refractivity contribution in [2.75, 3.05) is 19.0 Å². The third-order valence-electron chi connectivity index (χ3n) is 4.31. The number of carbonyl (C=O) groups is 2. The minimum atomic E-state index is -0.337. The molecule has 0 spiro atoms. The fourth-order valence-corrected chi connectivity index (χ4v) is 2.80. The Balaban J connectivity index is 1.71. The van der Waals surface area contributed by atoms with E-state index < -0.39 is 0 Å². The first-order valence-electron chi connectivity index (χ1n) is 9.12. The van der Waals surface area contributed by atoms with Gasteiger partial charge in [-0.25, -0.2) is 4.68 Å². The van der Waals surface area contributed by atoms with Crippen LogP contribution in [0, 0.1) is 13.8 Å². The van der Waals surface area contributed by atoms with Crippen LogP contribution >= 0.6 is 0 Å². The van der Waals surface area contributed by atoms with Gasteiger partial charge in [-0.15, -0.1) is 0 Å². The predicted molar refractivity (Wildman–Crippen MR) is 110 cm³/mol. The number of amides is 1. The third kappa shape index (κ3) is 4.82. The molecule has 0 aliphatic rings. The summed E-state index contributed by atoms with van der Waals surface area (Å²) in [6.45, 7) is 5.13. The van der Waals surface area contributed by atoms with E-state index in [0.29, 0.717) is 22.9 Å². The van der Waals surface area contributed by atoms with Gasteiger partial charge in [-0.3, -0.25) is 9.59 Å². The van der Waals surface area contributed by atoms with E-state index in [-0.39, 0.29) is 18.3 Å². The summed E-state index contributed by atoms with van der Waals surface area (Å²) in [7, 11) is 1.48. The standard InChI is InChI=1S/C22H23N3O4/c1-14-5-8-18(9-6-14)25-21(11-15(2)24-25)23-22(27)13-29-19-10-7-17(16(3)26)12-20(19)28-4/h5-12H,13H2,1-4H3,(H,23,27). The lowest BCUT2D eigenvalue weighted by molar-refractivity contribution is -0.118. The Morgan fingerprint density at radius 2 is 1.76 bits per heavy atom. The van der Waals surface area contributed by atoms with Crippen LogP contribution < -0.4 is 14.8 Å². The zero-order valence-corrected chi connectivity index (χ0v) is 16.9. The highest BCUT2D eigenvalue weighted by molar-refractivity contribution is 5.95. The van der Waals surface area contributed by atoms with Gasteiger partial charge in [-0.05, 0) is 51.1 Å². The maximum absolute atomic E-state index is 12.4. The number of hydrogen-bond acceptors (Lipinski definition) is 5. The molecule has 0 aliphatic carbocycles. The smallest absolute Gasteiger partial charge is 0.263 e. The molecular weight excluding hydrogens is 370 g/mol. The van der Waals surface area contributed by atoms with Gasteiger partial charge < -0.3 is 14.8 Å². The number of anilines is 1. The normalized spacial score (nSPS) is 10.5. The van der Waals surface area contributed by atoms with Crippen molar-refractivity contribution in [3.05, 3.63) is 65.4 Å². The summed E-state index contributed by atoms with van der Waals surface area (Å²) in [6, 6.07) is 14.5. The van der Waals surface area contributed by atoms with E-state index in [1.807, 2.05) is 38.1 Å². The Morgan fingerprint density at radius 3 is 2.41 bits per heavy atom. The van der Waals surface area contributed by atoms with Crippen LogP contribution in [0.5, 0.6) is 11.5 Å². The number of carbonyl (C=O) groups excluding carboxylic acids is 2. The molecule has 1 aromatic heterocycles. The van der Waals surface area contributed by atoms with Crippen molar-refractivity contribution in [1.82, 2.24) is 9.78 Å². The van der Waals surface area contributed by atoms with Crippen molar-refractivity contribution in [3.63, 3.8) is 0 Å². The first-order chi connectivity index (χ1) is 13.9. The van der Waals surface area contributed by atoms with Crippen molar-refractivity contribution in [2.24, 2.45) is 0 Å². The first kappa shape index (κ1) is 20.1. The Labute approximate surface area is 169 Å². The summed E-state index contributed by atoms with van der Waals surface area (Å²) in [6.07, 6.45) is 0. The zero-order chi connectivity index (χ0) is 21.0. The van der Waals surface area contributed by atoms with Crippen LogP contribution in [0.2, 0.25) is 0 Å². The Kier molecular flexibility index (Phi) is 5.97. The van der Waals surface area contributed by atoms with Crippen molar-refractivity contribution in [2.45, 2.75) is 20.8 Å². The summed E-state index contributed by atoms with van der Waals surface area (Å²) in [5, 5.41) is 7.27. The van der Waals surface area contributed by atoms with E-state index >= 15 is 0 Å². The number of benzene rings is 2. The highest BCUT2D eigenvalue weighted by atomic mass is 16.5. The predicted octanol–water partition coefficient (Wildman–Crippen LogP) is 3.72. The number of methoxy groups -OCH3 is 1. The molecule has 29 heavy (non-hydrogen) atoms. The lowest BCUT2D eigenvalue weighted by Gasteiger charge is -2.12.